The van der Waals surface area contributed by atoms with E-state index in [1.165, 1.54) is 11.1 Å². The summed E-state index contributed by atoms with van der Waals surface area (Å²) in [5.41, 5.74) is 10.2. The second-order valence-electron chi connectivity index (χ2n) is 6.43. The molecule has 2 rings (SSSR count). The van der Waals surface area contributed by atoms with E-state index < -0.39 is 0 Å². The number of rotatable bonds is 2. The summed E-state index contributed by atoms with van der Waals surface area (Å²) in [7, 11) is 0. The van der Waals surface area contributed by atoms with E-state index in [0.717, 1.165) is 22.7 Å². The van der Waals surface area contributed by atoms with Gasteiger partial charge in [0.15, 0.2) is 0 Å². The van der Waals surface area contributed by atoms with Gasteiger partial charge in [0.2, 0.25) is 0 Å². The van der Waals surface area contributed by atoms with Crippen LogP contribution in [0.2, 0.25) is 0 Å². The van der Waals surface area contributed by atoms with Crippen molar-refractivity contribution >= 4 is 5.69 Å². The van der Waals surface area contributed by atoms with Crippen LogP contribution in [0.15, 0.2) is 36.4 Å². The molecule has 2 aromatic carbocycles. The average molecular weight is 269 g/mol. The molecule has 0 unspecified atom stereocenters. The van der Waals surface area contributed by atoms with Crippen molar-refractivity contribution < 1.29 is 4.74 Å². The van der Waals surface area contributed by atoms with Gasteiger partial charge in [0, 0.05) is 17.3 Å². The average Bonchev–Trinajstić information content (AvgIpc) is 2.28. The Morgan fingerprint density at radius 1 is 0.900 bits per heavy atom. The zero-order valence-electron chi connectivity index (χ0n) is 12.9. The van der Waals surface area contributed by atoms with E-state index in [4.69, 9.17) is 10.5 Å². The Bertz CT molecular complexity index is 604. The standard InChI is InChI=1S/C18H23NO/c1-12-6-7-17(16(10-12)18(3,4)5)20-15-9-13(2)8-14(19)11-15/h6-11H,19H2,1-5H3. The van der Waals surface area contributed by atoms with Crippen LogP contribution < -0.4 is 10.5 Å². The van der Waals surface area contributed by atoms with Gasteiger partial charge in [-0.3, -0.25) is 0 Å². The highest BCUT2D eigenvalue weighted by Crippen LogP contribution is 2.35. The lowest BCUT2D eigenvalue weighted by atomic mass is 9.85. The van der Waals surface area contributed by atoms with Crippen LogP contribution in [0, 0.1) is 13.8 Å². The summed E-state index contributed by atoms with van der Waals surface area (Å²) >= 11 is 0. The topological polar surface area (TPSA) is 35.2 Å². The van der Waals surface area contributed by atoms with Crippen LogP contribution >= 0.6 is 0 Å². The molecule has 0 aromatic heterocycles. The monoisotopic (exact) mass is 269 g/mol. The van der Waals surface area contributed by atoms with Gasteiger partial charge in [-0.15, -0.1) is 0 Å². The van der Waals surface area contributed by atoms with Crippen LogP contribution in [0.3, 0.4) is 0 Å². The van der Waals surface area contributed by atoms with Crippen molar-refractivity contribution in [1.82, 2.24) is 0 Å². The molecule has 0 saturated heterocycles. The van der Waals surface area contributed by atoms with Crippen molar-refractivity contribution in [2.75, 3.05) is 5.73 Å². The van der Waals surface area contributed by atoms with E-state index >= 15 is 0 Å². The highest BCUT2D eigenvalue weighted by atomic mass is 16.5. The summed E-state index contributed by atoms with van der Waals surface area (Å²) in [5, 5.41) is 0. The minimum Gasteiger partial charge on any atom is -0.457 e. The van der Waals surface area contributed by atoms with E-state index in [1.54, 1.807) is 0 Å². The third-order valence-electron chi connectivity index (χ3n) is 3.24. The first-order valence-corrected chi connectivity index (χ1v) is 6.92. The number of anilines is 1. The van der Waals surface area contributed by atoms with E-state index in [2.05, 4.69) is 39.8 Å². The lowest BCUT2D eigenvalue weighted by Gasteiger charge is -2.23. The van der Waals surface area contributed by atoms with Crippen LogP contribution in [0.5, 0.6) is 11.5 Å². The first kappa shape index (κ1) is 14.4. The Labute approximate surface area is 121 Å². The van der Waals surface area contributed by atoms with Crippen molar-refractivity contribution in [1.29, 1.82) is 0 Å². The molecule has 0 saturated carbocycles. The van der Waals surface area contributed by atoms with E-state index in [1.807, 2.05) is 31.2 Å². The van der Waals surface area contributed by atoms with E-state index in [9.17, 15) is 0 Å². The van der Waals surface area contributed by atoms with Gasteiger partial charge in [-0.1, -0.05) is 38.5 Å². The fourth-order valence-electron chi connectivity index (χ4n) is 2.28. The number of aryl methyl sites for hydroxylation is 2. The highest BCUT2D eigenvalue weighted by Gasteiger charge is 2.19. The molecule has 0 radical (unpaired) electrons. The minimum atomic E-state index is 0.0384. The van der Waals surface area contributed by atoms with Gasteiger partial charge in [0.05, 0.1) is 0 Å². The van der Waals surface area contributed by atoms with E-state index in [0.29, 0.717) is 0 Å². The molecule has 106 valence electrons. The second kappa shape index (κ2) is 5.20. The van der Waals surface area contributed by atoms with Crippen molar-refractivity contribution in [3.05, 3.63) is 53.1 Å². The molecule has 2 heteroatoms. The maximum absolute atomic E-state index is 6.07. The van der Waals surface area contributed by atoms with Crippen LogP contribution in [-0.4, -0.2) is 0 Å². The fourth-order valence-corrected chi connectivity index (χ4v) is 2.28. The maximum Gasteiger partial charge on any atom is 0.131 e. The molecule has 2 aromatic rings. The van der Waals surface area contributed by atoms with Crippen LogP contribution in [0.1, 0.15) is 37.5 Å². The number of hydrogen-bond acceptors (Lipinski definition) is 2. The Balaban J connectivity index is 2.43. The van der Waals surface area contributed by atoms with Crippen molar-refractivity contribution in [2.24, 2.45) is 0 Å². The molecule has 0 atom stereocenters. The second-order valence-corrected chi connectivity index (χ2v) is 6.43. The van der Waals surface area contributed by atoms with Gasteiger partial charge in [0.1, 0.15) is 11.5 Å². The van der Waals surface area contributed by atoms with Gasteiger partial charge >= 0.3 is 0 Å². The zero-order chi connectivity index (χ0) is 14.9. The van der Waals surface area contributed by atoms with Crippen LogP contribution in [0.25, 0.3) is 0 Å². The predicted octanol–water partition coefficient (Wildman–Crippen LogP) is 4.98. The smallest absolute Gasteiger partial charge is 0.131 e. The molecule has 20 heavy (non-hydrogen) atoms. The Morgan fingerprint density at radius 3 is 2.20 bits per heavy atom. The summed E-state index contributed by atoms with van der Waals surface area (Å²) in [6, 6.07) is 12.1. The molecule has 2 N–H and O–H groups in total. The largest absolute Gasteiger partial charge is 0.457 e. The third kappa shape index (κ3) is 3.32. The van der Waals surface area contributed by atoms with E-state index in [-0.39, 0.29) is 5.41 Å². The fraction of sp³-hybridized carbons (Fsp3) is 0.333. The Hall–Kier alpha value is -1.96. The van der Waals surface area contributed by atoms with Crippen molar-refractivity contribution in [2.45, 2.75) is 40.0 Å². The molecule has 2 nitrogen and oxygen atoms in total. The first-order valence-electron chi connectivity index (χ1n) is 6.92. The normalized spacial score (nSPS) is 11.4. The molecule has 0 fully saturated rings. The SMILES string of the molecule is Cc1cc(N)cc(Oc2ccc(C)cc2C(C)(C)C)c1. The van der Waals surface area contributed by atoms with Crippen LogP contribution in [-0.2, 0) is 5.41 Å². The molecule has 0 amide bonds. The third-order valence-corrected chi connectivity index (χ3v) is 3.24. The number of benzene rings is 2. The predicted molar refractivity (Wildman–Crippen MR) is 85.5 cm³/mol. The lowest BCUT2D eigenvalue weighted by Crippen LogP contribution is -2.12. The summed E-state index contributed by atoms with van der Waals surface area (Å²) in [5.74, 6) is 1.69. The Kier molecular flexibility index (Phi) is 3.76. The number of nitrogens with two attached hydrogens (primary N) is 1. The molecule has 0 aliphatic carbocycles. The molecule has 0 spiro atoms. The van der Waals surface area contributed by atoms with Gasteiger partial charge in [-0.2, -0.15) is 0 Å². The number of ether oxygens (including phenoxy) is 1. The molecule has 0 aliphatic heterocycles. The summed E-state index contributed by atoms with van der Waals surface area (Å²) < 4.78 is 6.07. The Morgan fingerprint density at radius 2 is 1.60 bits per heavy atom. The van der Waals surface area contributed by atoms with Crippen molar-refractivity contribution in [3.8, 4) is 11.5 Å². The van der Waals surface area contributed by atoms with Gasteiger partial charge in [-0.25, -0.2) is 0 Å². The van der Waals surface area contributed by atoms with Crippen molar-refractivity contribution in [3.63, 3.8) is 0 Å². The summed E-state index contributed by atoms with van der Waals surface area (Å²) in [6.07, 6.45) is 0. The molecular weight excluding hydrogens is 246 g/mol. The van der Waals surface area contributed by atoms with Gasteiger partial charge in [-0.05, 0) is 43.0 Å². The quantitative estimate of drug-likeness (QED) is 0.781. The highest BCUT2D eigenvalue weighted by molar-refractivity contribution is 5.50. The summed E-state index contributed by atoms with van der Waals surface area (Å²) in [4.78, 5) is 0. The lowest BCUT2D eigenvalue weighted by molar-refractivity contribution is 0.455. The molecular formula is C18H23NO. The zero-order valence-corrected chi connectivity index (χ0v) is 12.9. The van der Waals surface area contributed by atoms with Gasteiger partial charge in [0.25, 0.3) is 0 Å². The number of hydrogen-bond donors (Lipinski definition) is 1. The first-order chi connectivity index (χ1) is 9.25. The minimum absolute atomic E-state index is 0.0384. The number of nitrogen functional groups attached to an aromatic ring is 1. The molecule has 0 heterocycles. The molecule has 0 bridgehead atoms. The molecule has 0 aliphatic rings. The van der Waals surface area contributed by atoms with Crippen LogP contribution in [0.4, 0.5) is 5.69 Å². The maximum atomic E-state index is 6.07. The van der Waals surface area contributed by atoms with Gasteiger partial charge < -0.3 is 10.5 Å². The summed E-state index contributed by atoms with van der Waals surface area (Å²) in [6.45, 7) is 10.7.